The monoisotopic (exact) mass is 594 g/mol. The normalized spacial score (nSPS) is 19.7. The largest absolute Gasteiger partial charge is 0.490 e. The molecule has 0 aliphatic carbocycles. The van der Waals surface area contributed by atoms with Gasteiger partial charge in [-0.25, -0.2) is 29.2 Å². The van der Waals surface area contributed by atoms with Gasteiger partial charge in [0.15, 0.2) is 5.65 Å². The van der Waals surface area contributed by atoms with Crippen molar-refractivity contribution in [3.63, 3.8) is 0 Å². The van der Waals surface area contributed by atoms with E-state index in [0.29, 0.717) is 23.1 Å². The van der Waals surface area contributed by atoms with Gasteiger partial charge in [-0.2, -0.15) is 5.10 Å². The third-order valence-electron chi connectivity index (χ3n) is 8.00. The fourth-order valence-corrected chi connectivity index (χ4v) is 6.09. The van der Waals surface area contributed by atoms with Crippen molar-refractivity contribution in [3.05, 3.63) is 67.0 Å². The molecule has 1 unspecified atom stereocenters. The van der Waals surface area contributed by atoms with Crippen molar-refractivity contribution < 1.29 is 19.0 Å². The molecule has 3 aromatic heterocycles. The number of anilines is 2. The molecular weight excluding hydrogens is 560 g/mol. The molecule has 2 aliphatic rings. The van der Waals surface area contributed by atoms with Crippen LogP contribution >= 0.6 is 0 Å². The van der Waals surface area contributed by atoms with Crippen LogP contribution < -0.4 is 14.8 Å². The number of rotatable bonds is 6. The number of aromatic nitrogens is 6. The Hall–Kier alpha value is -5.00. The molecule has 0 radical (unpaired) electrons. The lowest BCUT2D eigenvalue weighted by Crippen LogP contribution is -2.50. The van der Waals surface area contributed by atoms with Crippen LogP contribution in [0.4, 0.5) is 16.3 Å². The van der Waals surface area contributed by atoms with Crippen LogP contribution in [0.25, 0.3) is 16.6 Å². The van der Waals surface area contributed by atoms with Gasteiger partial charge in [-0.1, -0.05) is 0 Å². The van der Waals surface area contributed by atoms with E-state index in [-0.39, 0.29) is 24.3 Å². The Kier molecular flexibility index (Phi) is 6.91. The number of amides is 1. The second-order valence-corrected chi connectivity index (χ2v) is 12.4. The number of hydrogen-bond acceptors (Lipinski definition) is 10. The molecule has 2 aliphatic heterocycles. The van der Waals surface area contributed by atoms with Crippen LogP contribution in [-0.4, -0.2) is 64.3 Å². The van der Waals surface area contributed by atoms with E-state index < -0.39 is 5.60 Å². The van der Waals surface area contributed by atoms with E-state index in [2.05, 4.69) is 30.4 Å². The molecule has 5 aromatic rings. The van der Waals surface area contributed by atoms with Gasteiger partial charge < -0.3 is 24.4 Å². The van der Waals surface area contributed by atoms with Crippen LogP contribution in [0.5, 0.6) is 17.4 Å². The minimum absolute atomic E-state index is 0.0137. The van der Waals surface area contributed by atoms with Crippen molar-refractivity contribution in [1.29, 1.82) is 0 Å². The second kappa shape index (κ2) is 10.9. The van der Waals surface area contributed by atoms with Gasteiger partial charge in [-0.3, -0.25) is 0 Å². The summed E-state index contributed by atoms with van der Waals surface area (Å²) in [7, 11) is 0. The molecule has 1 N–H and O–H groups in total. The van der Waals surface area contributed by atoms with Crippen molar-refractivity contribution in [1.82, 2.24) is 34.4 Å². The summed E-state index contributed by atoms with van der Waals surface area (Å²) in [4.78, 5) is 32.3. The minimum atomic E-state index is -0.511. The van der Waals surface area contributed by atoms with Crippen molar-refractivity contribution in [2.75, 3.05) is 5.32 Å². The molecule has 1 amide bonds. The Morgan fingerprint density at radius 3 is 2.55 bits per heavy atom. The lowest BCUT2D eigenvalue weighted by atomic mass is 10.00. The Bertz CT molecular complexity index is 1840. The van der Waals surface area contributed by atoms with Crippen LogP contribution in [0.2, 0.25) is 0 Å². The zero-order chi connectivity index (χ0) is 30.4. The molecule has 7 rings (SSSR count). The number of piperidine rings is 1. The van der Waals surface area contributed by atoms with Crippen molar-refractivity contribution in [2.24, 2.45) is 0 Å². The summed E-state index contributed by atoms with van der Waals surface area (Å²) in [6.45, 7) is 7.68. The highest BCUT2D eigenvalue weighted by molar-refractivity contribution is 5.91. The molecule has 12 heteroatoms. The summed E-state index contributed by atoms with van der Waals surface area (Å²) < 4.78 is 19.8. The summed E-state index contributed by atoms with van der Waals surface area (Å²) in [6, 6.07) is 13.7. The smallest absolute Gasteiger partial charge is 0.410 e. The first-order valence-electron chi connectivity index (χ1n) is 14.8. The van der Waals surface area contributed by atoms with E-state index in [9.17, 15) is 4.79 Å². The summed E-state index contributed by atoms with van der Waals surface area (Å²) >= 11 is 0. The quantitative estimate of drug-likeness (QED) is 0.242. The SMILES string of the molecule is Cc1cc(Nc2ncnc3ccc(OC4C[C@H]5CC[C@@H](C4)N5C(=O)OC(C)(C)C)cc23)ccc1Oc1cc2ncnn2cn1. The highest BCUT2D eigenvalue weighted by Gasteiger charge is 2.45. The van der Waals surface area contributed by atoms with E-state index in [1.807, 2.05) is 69.0 Å². The van der Waals surface area contributed by atoms with Gasteiger partial charge in [0.2, 0.25) is 5.88 Å². The predicted octanol–water partition coefficient (Wildman–Crippen LogP) is 6.22. The lowest BCUT2D eigenvalue weighted by molar-refractivity contribution is -0.00706. The van der Waals surface area contributed by atoms with Crippen molar-refractivity contribution in [3.8, 4) is 17.4 Å². The van der Waals surface area contributed by atoms with Gasteiger partial charge in [0.05, 0.1) is 5.52 Å². The van der Waals surface area contributed by atoms with Crippen molar-refractivity contribution >= 4 is 34.1 Å². The van der Waals surface area contributed by atoms with Gasteiger partial charge >= 0.3 is 6.09 Å². The minimum Gasteiger partial charge on any atom is -0.490 e. The number of carbonyl (C=O) groups excluding carboxylic acids is 1. The molecule has 2 aromatic carbocycles. The lowest BCUT2D eigenvalue weighted by Gasteiger charge is -2.39. The number of nitrogens with one attached hydrogen (secondary N) is 1. The molecule has 3 atom stereocenters. The number of benzene rings is 2. The Morgan fingerprint density at radius 1 is 0.955 bits per heavy atom. The first-order valence-corrected chi connectivity index (χ1v) is 14.8. The maximum atomic E-state index is 12.9. The third-order valence-corrected chi connectivity index (χ3v) is 8.00. The second-order valence-electron chi connectivity index (χ2n) is 12.4. The number of ether oxygens (including phenoxy) is 3. The highest BCUT2D eigenvalue weighted by Crippen LogP contribution is 2.39. The number of hydrogen-bond donors (Lipinski definition) is 1. The molecular formula is C32H34N8O4. The summed E-state index contributed by atoms with van der Waals surface area (Å²) in [5, 5.41) is 8.35. The maximum absolute atomic E-state index is 12.9. The summed E-state index contributed by atoms with van der Waals surface area (Å²) in [5.41, 5.74) is 2.73. The molecule has 2 saturated heterocycles. The van der Waals surface area contributed by atoms with Crippen LogP contribution in [0.15, 0.2) is 61.4 Å². The van der Waals surface area contributed by atoms with Crippen molar-refractivity contribution in [2.45, 2.75) is 77.2 Å². The van der Waals surface area contributed by atoms with Crippen LogP contribution in [0, 0.1) is 6.92 Å². The fourth-order valence-electron chi connectivity index (χ4n) is 6.09. The third kappa shape index (κ3) is 5.67. The van der Waals surface area contributed by atoms with Crippen LogP contribution in [0.3, 0.4) is 0 Å². The van der Waals surface area contributed by atoms with Gasteiger partial charge in [0.25, 0.3) is 0 Å². The van der Waals surface area contributed by atoms with Crippen LogP contribution in [0.1, 0.15) is 52.0 Å². The van der Waals surface area contributed by atoms with Gasteiger partial charge in [-0.05, 0) is 82.5 Å². The Labute approximate surface area is 254 Å². The Balaban J connectivity index is 1.05. The molecule has 0 saturated carbocycles. The molecule has 12 nitrogen and oxygen atoms in total. The van der Waals surface area contributed by atoms with E-state index in [1.165, 1.54) is 6.33 Å². The van der Waals surface area contributed by atoms with Gasteiger partial charge in [-0.15, -0.1) is 0 Å². The average Bonchev–Trinajstić information content (AvgIpc) is 3.55. The number of nitrogens with zero attached hydrogens (tertiary/aromatic N) is 7. The zero-order valence-corrected chi connectivity index (χ0v) is 25.1. The standard InChI is InChI=1S/C32H34N8O4/c1-19-11-20(5-10-27(19)43-29-15-28-34-17-37-39(28)18-36-29)38-30-25-14-23(8-9-26(25)33-16-35-30)42-24-12-21-6-7-22(13-24)40(21)31(41)44-32(2,3)4/h5,8-11,14-18,21-22,24H,6-7,12-13H2,1-4H3,(H,33,35,38)/t21-,22+,24?. The molecule has 5 heterocycles. The fraction of sp³-hybridized carbons (Fsp3) is 0.375. The van der Waals surface area contributed by atoms with E-state index in [4.69, 9.17) is 14.2 Å². The zero-order valence-electron chi connectivity index (χ0n) is 25.1. The van der Waals surface area contributed by atoms with Gasteiger partial charge in [0.1, 0.15) is 48.0 Å². The van der Waals surface area contributed by atoms with E-state index >= 15 is 0 Å². The molecule has 226 valence electrons. The summed E-state index contributed by atoms with van der Waals surface area (Å²) in [5.74, 6) is 2.55. The highest BCUT2D eigenvalue weighted by atomic mass is 16.6. The molecule has 44 heavy (non-hydrogen) atoms. The molecule has 2 bridgehead atoms. The number of aryl methyl sites for hydroxylation is 1. The summed E-state index contributed by atoms with van der Waals surface area (Å²) in [6.07, 6.45) is 7.88. The van der Waals surface area contributed by atoms with E-state index in [0.717, 1.165) is 53.6 Å². The van der Waals surface area contributed by atoms with Crippen LogP contribution in [-0.2, 0) is 4.74 Å². The average molecular weight is 595 g/mol. The predicted molar refractivity (Wildman–Crippen MR) is 163 cm³/mol. The topological polar surface area (TPSA) is 129 Å². The maximum Gasteiger partial charge on any atom is 0.410 e. The van der Waals surface area contributed by atoms with E-state index in [1.54, 1.807) is 23.2 Å². The first kappa shape index (κ1) is 27.8. The number of carbonyl (C=O) groups is 1. The molecule has 0 spiro atoms. The molecule has 2 fully saturated rings. The number of fused-ring (bicyclic) bond motifs is 4. The Morgan fingerprint density at radius 2 is 1.77 bits per heavy atom. The van der Waals surface area contributed by atoms with Gasteiger partial charge in [0, 0.05) is 42.1 Å². The first-order chi connectivity index (χ1) is 21.2.